The van der Waals surface area contributed by atoms with E-state index in [1.165, 1.54) is 17.7 Å². The summed E-state index contributed by atoms with van der Waals surface area (Å²) in [6.45, 7) is 9.89. The van der Waals surface area contributed by atoms with Crippen LogP contribution in [0.5, 0.6) is 0 Å². The third-order valence-corrected chi connectivity index (χ3v) is 7.83. The Kier molecular flexibility index (Phi) is 7.19. The SMILES string of the molecule is C=CC(=O)OC1CN(C(=O)OC(C)(C)C)CC1NC(=O)c1ccc2c(c1)nc(-c1cc3cccnc3n1CC1CC1)n2C. The van der Waals surface area contributed by atoms with Crippen LogP contribution in [0.2, 0.25) is 0 Å². The third-order valence-electron chi connectivity index (χ3n) is 7.83. The summed E-state index contributed by atoms with van der Waals surface area (Å²) in [5.74, 6) is 0.452. The van der Waals surface area contributed by atoms with Crippen LogP contribution in [0.3, 0.4) is 0 Å². The number of nitrogens with zero attached hydrogens (tertiary/aromatic N) is 5. The number of amides is 2. The molecule has 11 heteroatoms. The molecule has 0 radical (unpaired) electrons. The van der Waals surface area contributed by atoms with Crippen molar-refractivity contribution >= 4 is 40.0 Å². The number of fused-ring (bicyclic) bond motifs is 2. The Bertz CT molecular complexity index is 1740. The van der Waals surface area contributed by atoms with E-state index in [4.69, 9.17) is 14.5 Å². The summed E-state index contributed by atoms with van der Waals surface area (Å²) in [5, 5.41) is 4.01. The molecule has 0 bridgehead atoms. The maximum Gasteiger partial charge on any atom is 0.410 e. The third kappa shape index (κ3) is 5.84. The number of benzene rings is 1. The molecule has 0 spiro atoms. The molecule has 1 aromatic carbocycles. The highest BCUT2D eigenvalue weighted by atomic mass is 16.6. The molecule has 2 atom stereocenters. The molecule has 2 unspecified atom stereocenters. The molecule has 4 heterocycles. The Hall–Kier alpha value is -4.67. The molecule has 1 aliphatic carbocycles. The van der Waals surface area contributed by atoms with Crippen LogP contribution in [0, 0.1) is 5.92 Å². The summed E-state index contributed by atoms with van der Waals surface area (Å²) in [7, 11) is 1.97. The first-order valence-electron chi connectivity index (χ1n) is 14.5. The summed E-state index contributed by atoms with van der Waals surface area (Å²) in [6.07, 6.45) is 4.01. The highest BCUT2D eigenvalue weighted by Crippen LogP contribution is 2.36. The van der Waals surface area contributed by atoms with Gasteiger partial charge in [-0.05, 0) is 75.9 Å². The molecule has 2 aliphatic rings. The lowest BCUT2D eigenvalue weighted by molar-refractivity contribution is -0.143. The first-order valence-corrected chi connectivity index (χ1v) is 14.5. The second-order valence-corrected chi connectivity index (χ2v) is 12.3. The standard InChI is InChI=1S/C32H36N6O5/c1-6-27(39)42-26-18-37(31(41)43-32(2,3)4)17-23(26)35-30(40)21-11-12-24-22(14-21)34-29(36(24)5)25-15-20-8-7-13-33-28(20)38(25)16-19-9-10-19/h6-8,11-15,19,23,26H,1,9-10,16-18H2,2-5H3,(H,35,40). The number of pyridine rings is 1. The highest BCUT2D eigenvalue weighted by molar-refractivity contribution is 5.98. The number of hydrogen-bond donors (Lipinski definition) is 1. The van der Waals surface area contributed by atoms with Gasteiger partial charge in [0.05, 0.1) is 29.3 Å². The Labute approximate surface area is 249 Å². The summed E-state index contributed by atoms with van der Waals surface area (Å²) in [6, 6.07) is 10.9. The molecular weight excluding hydrogens is 548 g/mol. The summed E-state index contributed by atoms with van der Waals surface area (Å²) in [4.78, 5) is 49.2. The quantitative estimate of drug-likeness (QED) is 0.252. The van der Waals surface area contributed by atoms with E-state index >= 15 is 0 Å². The van der Waals surface area contributed by atoms with Gasteiger partial charge >= 0.3 is 12.1 Å². The van der Waals surface area contributed by atoms with Gasteiger partial charge in [-0.3, -0.25) is 4.79 Å². The zero-order chi connectivity index (χ0) is 30.5. The van der Waals surface area contributed by atoms with Crippen LogP contribution in [-0.2, 0) is 27.9 Å². The number of aromatic nitrogens is 4. The lowest BCUT2D eigenvalue weighted by atomic mass is 10.1. The highest BCUT2D eigenvalue weighted by Gasteiger charge is 2.40. The van der Waals surface area contributed by atoms with Gasteiger partial charge in [0.1, 0.15) is 17.4 Å². The number of hydrogen-bond acceptors (Lipinski definition) is 7. The van der Waals surface area contributed by atoms with Crippen molar-refractivity contribution in [3.8, 4) is 11.5 Å². The fourth-order valence-corrected chi connectivity index (χ4v) is 5.54. The molecule has 1 aliphatic heterocycles. The summed E-state index contributed by atoms with van der Waals surface area (Å²) < 4.78 is 15.3. The topological polar surface area (TPSA) is 121 Å². The normalized spacial score (nSPS) is 18.7. The van der Waals surface area contributed by atoms with E-state index < -0.39 is 29.8 Å². The zero-order valence-electron chi connectivity index (χ0n) is 24.9. The average molecular weight is 585 g/mol. The van der Waals surface area contributed by atoms with Crippen molar-refractivity contribution in [1.29, 1.82) is 0 Å². The van der Waals surface area contributed by atoms with Crippen molar-refractivity contribution in [2.75, 3.05) is 13.1 Å². The van der Waals surface area contributed by atoms with Crippen molar-refractivity contribution in [3.63, 3.8) is 0 Å². The van der Waals surface area contributed by atoms with Gasteiger partial charge in [-0.2, -0.15) is 0 Å². The second kappa shape index (κ2) is 10.9. The number of imidazole rings is 1. The average Bonchev–Trinajstić information content (AvgIpc) is 3.47. The van der Waals surface area contributed by atoms with Crippen LogP contribution >= 0.6 is 0 Å². The molecule has 224 valence electrons. The molecule has 1 N–H and O–H groups in total. The fraction of sp³-hybridized carbons (Fsp3) is 0.406. The lowest BCUT2D eigenvalue weighted by Crippen LogP contribution is -2.44. The van der Waals surface area contributed by atoms with Crippen LogP contribution in [0.15, 0.2) is 55.3 Å². The Balaban J connectivity index is 1.26. The Morgan fingerprint density at radius 3 is 2.65 bits per heavy atom. The van der Waals surface area contributed by atoms with Crippen molar-refractivity contribution in [2.24, 2.45) is 13.0 Å². The van der Waals surface area contributed by atoms with Crippen LogP contribution in [-0.4, -0.2) is 72.8 Å². The van der Waals surface area contributed by atoms with E-state index in [0.29, 0.717) is 17.0 Å². The number of likely N-dealkylation sites (tertiary alicyclic amines) is 1. The van der Waals surface area contributed by atoms with Gasteiger partial charge in [-0.25, -0.2) is 19.6 Å². The zero-order valence-corrected chi connectivity index (χ0v) is 24.9. The number of esters is 1. The Morgan fingerprint density at radius 2 is 1.93 bits per heavy atom. The van der Waals surface area contributed by atoms with Gasteiger partial charge in [0.15, 0.2) is 5.82 Å². The number of rotatable bonds is 7. The smallest absolute Gasteiger partial charge is 0.410 e. The van der Waals surface area contributed by atoms with E-state index in [9.17, 15) is 14.4 Å². The minimum Gasteiger partial charge on any atom is -0.455 e. The van der Waals surface area contributed by atoms with E-state index in [-0.39, 0.29) is 19.0 Å². The number of aryl methyl sites for hydroxylation is 1. The van der Waals surface area contributed by atoms with E-state index in [0.717, 1.165) is 40.7 Å². The molecule has 11 nitrogen and oxygen atoms in total. The van der Waals surface area contributed by atoms with E-state index in [1.807, 2.05) is 29.9 Å². The number of ether oxygens (including phenoxy) is 2. The largest absolute Gasteiger partial charge is 0.455 e. The first-order chi connectivity index (χ1) is 20.5. The molecular formula is C32H36N6O5. The van der Waals surface area contributed by atoms with Crippen molar-refractivity contribution in [1.82, 2.24) is 29.3 Å². The van der Waals surface area contributed by atoms with Crippen molar-refractivity contribution < 1.29 is 23.9 Å². The molecule has 6 rings (SSSR count). The maximum absolute atomic E-state index is 13.5. The molecule has 3 aromatic heterocycles. The van der Waals surface area contributed by atoms with Crippen LogP contribution in [0.4, 0.5) is 4.79 Å². The van der Waals surface area contributed by atoms with E-state index in [1.54, 1.807) is 32.9 Å². The lowest BCUT2D eigenvalue weighted by Gasteiger charge is -2.24. The van der Waals surface area contributed by atoms with Gasteiger partial charge in [0, 0.05) is 43.4 Å². The first kappa shape index (κ1) is 28.4. The number of carbonyl (C=O) groups excluding carboxylic acids is 3. The maximum atomic E-state index is 13.5. The second-order valence-electron chi connectivity index (χ2n) is 12.3. The van der Waals surface area contributed by atoms with Gasteiger partial charge in [-0.1, -0.05) is 6.58 Å². The predicted octanol–water partition coefficient (Wildman–Crippen LogP) is 4.45. The number of carbonyl (C=O) groups is 3. The van der Waals surface area contributed by atoms with Crippen molar-refractivity contribution in [2.45, 2.75) is 57.9 Å². The van der Waals surface area contributed by atoms with Gasteiger partial charge in [0.25, 0.3) is 5.91 Å². The summed E-state index contributed by atoms with van der Waals surface area (Å²) >= 11 is 0. The van der Waals surface area contributed by atoms with Gasteiger partial charge < -0.3 is 28.8 Å². The Morgan fingerprint density at radius 1 is 1.14 bits per heavy atom. The molecule has 1 saturated heterocycles. The number of nitrogens with one attached hydrogen (secondary N) is 1. The molecule has 2 amide bonds. The molecule has 4 aromatic rings. The minimum absolute atomic E-state index is 0.0891. The van der Waals surface area contributed by atoms with Gasteiger partial charge in [0.2, 0.25) is 0 Å². The fourth-order valence-electron chi connectivity index (χ4n) is 5.54. The molecule has 1 saturated carbocycles. The monoisotopic (exact) mass is 584 g/mol. The minimum atomic E-state index is -0.755. The molecule has 2 fully saturated rings. The predicted molar refractivity (Wildman–Crippen MR) is 161 cm³/mol. The van der Waals surface area contributed by atoms with Crippen molar-refractivity contribution in [3.05, 3.63) is 60.8 Å². The van der Waals surface area contributed by atoms with E-state index in [2.05, 4.69) is 33.6 Å². The van der Waals surface area contributed by atoms with Gasteiger partial charge in [-0.15, -0.1) is 0 Å². The van der Waals surface area contributed by atoms with Crippen LogP contribution in [0.25, 0.3) is 33.6 Å². The van der Waals surface area contributed by atoms with Crippen LogP contribution < -0.4 is 5.32 Å². The van der Waals surface area contributed by atoms with Crippen LogP contribution in [0.1, 0.15) is 44.0 Å². The summed E-state index contributed by atoms with van der Waals surface area (Å²) in [5.41, 5.74) is 3.22. The molecule has 43 heavy (non-hydrogen) atoms.